The Bertz CT molecular complexity index is 1020. The predicted octanol–water partition coefficient (Wildman–Crippen LogP) is 3.89. The van der Waals surface area contributed by atoms with Crippen molar-refractivity contribution in [2.75, 3.05) is 7.11 Å². The highest BCUT2D eigenvalue weighted by Crippen LogP contribution is 2.31. The number of carbonyl (C=O) groups is 1. The first-order valence-electron chi connectivity index (χ1n) is 9.03. The van der Waals surface area contributed by atoms with E-state index in [-0.39, 0.29) is 27.8 Å². The summed E-state index contributed by atoms with van der Waals surface area (Å²) in [6.45, 7) is 4.84. The molecule has 0 radical (unpaired) electrons. The average Bonchev–Trinajstić information content (AvgIpc) is 2.65. The van der Waals surface area contributed by atoms with Crippen molar-refractivity contribution in [2.45, 2.75) is 43.9 Å². The van der Waals surface area contributed by atoms with Crippen LogP contribution < -0.4 is 14.8 Å². The van der Waals surface area contributed by atoms with Gasteiger partial charge in [-0.3, -0.25) is 4.79 Å². The Morgan fingerprint density at radius 1 is 1.07 bits per heavy atom. The molecule has 0 aliphatic rings. The quantitative estimate of drug-likeness (QED) is 0.679. The van der Waals surface area contributed by atoms with Crippen molar-refractivity contribution in [3.8, 4) is 5.75 Å². The van der Waals surface area contributed by atoms with Crippen molar-refractivity contribution in [1.29, 1.82) is 0 Å². The normalized spacial score (nSPS) is 13.2. The molecule has 1 amide bonds. The van der Waals surface area contributed by atoms with Crippen molar-refractivity contribution in [2.24, 2.45) is 0 Å². The second kappa shape index (κ2) is 9.05. The number of halogens is 3. The van der Waals surface area contributed by atoms with Crippen LogP contribution in [-0.4, -0.2) is 27.5 Å². The monoisotopic (exact) mass is 444 g/mol. The summed E-state index contributed by atoms with van der Waals surface area (Å²) in [6.07, 6.45) is -4.50. The zero-order valence-corrected chi connectivity index (χ0v) is 17.7. The van der Waals surface area contributed by atoms with Gasteiger partial charge in [0.2, 0.25) is 10.0 Å². The van der Waals surface area contributed by atoms with Crippen molar-refractivity contribution >= 4 is 15.9 Å². The van der Waals surface area contributed by atoms with Crippen LogP contribution in [0.15, 0.2) is 47.4 Å². The Kier molecular flexibility index (Phi) is 7.14. The average molecular weight is 444 g/mol. The van der Waals surface area contributed by atoms with Crippen LogP contribution in [0.25, 0.3) is 0 Å². The van der Waals surface area contributed by atoms with E-state index in [1.807, 2.05) is 0 Å². The zero-order chi connectivity index (χ0) is 22.7. The molecule has 0 aliphatic carbocycles. The minimum absolute atomic E-state index is 0.0266. The third kappa shape index (κ3) is 5.73. The molecule has 0 heterocycles. The van der Waals surface area contributed by atoms with Gasteiger partial charge in [-0.05, 0) is 56.7 Å². The Labute approximate surface area is 173 Å². The summed E-state index contributed by atoms with van der Waals surface area (Å²) in [5.41, 5.74) is -0.529. The van der Waals surface area contributed by atoms with Crippen LogP contribution in [0.4, 0.5) is 13.2 Å². The number of alkyl halides is 3. The molecule has 2 aromatic carbocycles. The highest BCUT2D eigenvalue weighted by molar-refractivity contribution is 7.89. The van der Waals surface area contributed by atoms with Gasteiger partial charge in [0.05, 0.1) is 18.7 Å². The molecular weight excluding hydrogens is 421 g/mol. The molecule has 0 aliphatic heterocycles. The van der Waals surface area contributed by atoms with E-state index in [0.29, 0.717) is 0 Å². The second-order valence-corrected chi connectivity index (χ2v) is 8.64. The van der Waals surface area contributed by atoms with Crippen LogP contribution in [0, 0.1) is 0 Å². The molecule has 2 rings (SSSR count). The highest BCUT2D eigenvalue weighted by atomic mass is 32.2. The summed E-state index contributed by atoms with van der Waals surface area (Å²) < 4.78 is 71.3. The van der Waals surface area contributed by atoms with E-state index in [2.05, 4.69) is 10.0 Å². The van der Waals surface area contributed by atoms with Gasteiger partial charge in [-0.15, -0.1) is 0 Å². The molecule has 2 aromatic rings. The van der Waals surface area contributed by atoms with E-state index in [1.54, 1.807) is 13.8 Å². The van der Waals surface area contributed by atoms with Gasteiger partial charge in [0.25, 0.3) is 5.91 Å². The molecule has 0 saturated carbocycles. The van der Waals surface area contributed by atoms with E-state index in [0.717, 1.165) is 18.2 Å². The predicted molar refractivity (Wildman–Crippen MR) is 106 cm³/mol. The number of carbonyl (C=O) groups excluding carboxylic acids is 1. The molecule has 0 aromatic heterocycles. The number of methoxy groups -OCH3 is 1. The van der Waals surface area contributed by atoms with Crippen LogP contribution in [0.3, 0.4) is 0 Å². The van der Waals surface area contributed by atoms with Crippen LogP contribution in [0.2, 0.25) is 0 Å². The summed E-state index contributed by atoms with van der Waals surface area (Å²) in [5.74, 6) is -0.575. The first-order chi connectivity index (χ1) is 13.8. The van der Waals surface area contributed by atoms with E-state index in [9.17, 15) is 26.4 Å². The zero-order valence-electron chi connectivity index (χ0n) is 16.9. The van der Waals surface area contributed by atoms with Gasteiger partial charge in [0.1, 0.15) is 10.6 Å². The van der Waals surface area contributed by atoms with Gasteiger partial charge in [-0.1, -0.05) is 12.1 Å². The smallest absolute Gasteiger partial charge is 0.416 e. The number of benzene rings is 2. The van der Waals surface area contributed by atoms with Crippen LogP contribution >= 0.6 is 0 Å². The lowest BCUT2D eigenvalue weighted by molar-refractivity contribution is -0.137. The Morgan fingerprint density at radius 3 is 2.30 bits per heavy atom. The Balaban J connectivity index is 2.30. The fourth-order valence-electron chi connectivity index (χ4n) is 2.75. The second-order valence-electron chi connectivity index (χ2n) is 6.96. The minimum Gasteiger partial charge on any atom is -0.495 e. The molecule has 6 nitrogen and oxygen atoms in total. The number of rotatable bonds is 7. The topological polar surface area (TPSA) is 84.5 Å². The summed E-state index contributed by atoms with van der Waals surface area (Å²) in [7, 11) is -2.64. The fraction of sp³-hybridized carbons (Fsp3) is 0.350. The van der Waals surface area contributed by atoms with Gasteiger partial charge in [-0.25, -0.2) is 13.1 Å². The van der Waals surface area contributed by atoms with E-state index < -0.39 is 33.7 Å². The summed E-state index contributed by atoms with van der Waals surface area (Å²) >= 11 is 0. The summed E-state index contributed by atoms with van der Waals surface area (Å²) in [4.78, 5) is 12.4. The first-order valence-corrected chi connectivity index (χ1v) is 10.5. The number of sulfonamides is 1. The summed E-state index contributed by atoms with van der Waals surface area (Å²) in [6, 6.07) is 7.40. The minimum atomic E-state index is -4.50. The van der Waals surface area contributed by atoms with Crippen LogP contribution in [0.1, 0.15) is 48.3 Å². The largest absolute Gasteiger partial charge is 0.495 e. The van der Waals surface area contributed by atoms with Gasteiger partial charge >= 0.3 is 6.18 Å². The third-order valence-corrected chi connectivity index (χ3v) is 5.85. The fourth-order valence-corrected chi connectivity index (χ4v) is 4.20. The van der Waals surface area contributed by atoms with Crippen molar-refractivity contribution in [1.82, 2.24) is 10.0 Å². The Morgan fingerprint density at radius 2 is 1.73 bits per heavy atom. The Hall–Kier alpha value is -2.59. The maximum absolute atomic E-state index is 12.9. The third-order valence-electron chi connectivity index (χ3n) is 4.17. The molecule has 1 unspecified atom stereocenters. The summed E-state index contributed by atoms with van der Waals surface area (Å²) in [5, 5.41) is 2.59. The molecular formula is C20H23F3N2O4S. The van der Waals surface area contributed by atoms with E-state index in [1.165, 1.54) is 38.3 Å². The van der Waals surface area contributed by atoms with Crippen LogP contribution in [0.5, 0.6) is 5.75 Å². The van der Waals surface area contributed by atoms with Crippen molar-refractivity contribution < 1.29 is 31.1 Å². The molecule has 0 spiro atoms. The van der Waals surface area contributed by atoms with Crippen LogP contribution in [-0.2, 0) is 16.2 Å². The number of hydrogen-bond donors (Lipinski definition) is 2. The van der Waals surface area contributed by atoms with E-state index >= 15 is 0 Å². The number of hydrogen-bond acceptors (Lipinski definition) is 4. The molecule has 0 fully saturated rings. The van der Waals surface area contributed by atoms with Gasteiger partial charge < -0.3 is 10.1 Å². The standard InChI is InChI=1S/C20H23F3N2O4S/c1-12(2)25-30(27,28)18-11-15(8-9-17(18)29-4)19(26)24-13(3)14-6-5-7-16(10-14)20(21,22)23/h5-13,25H,1-4H3,(H,24,26). The SMILES string of the molecule is COc1ccc(C(=O)NC(C)c2cccc(C(F)(F)F)c2)cc1S(=O)(=O)NC(C)C. The maximum atomic E-state index is 12.9. The molecule has 0 bridgehead atoms. The first kappa shape index (κ1) is 23.7. The molecule has 0 saturated heterocycles. The molecule has 2 N–H and O–H groups in total. The van der Waals surface area contributed by atoms with Crippen molar-refractivity contribution in [3.63, 3.8) is 0 Å². The van der Waals surface area contributed by atoms with Crippen molar-refractivity contribution in [3.05, 3.63) is 59.2 Å². The molecule has 164 valence electrons. The molecule has 1 atom stereocenters. The van der Waals surface area contributed by atoms with Gasteiger partial charge in [0, 0.05) is 11.6 Å². The lowest BCUT2D eigenvalue weighted by atomic mass is 10.0. The molecule has 30 heavy (non-hydrogen) atoms. The number of ether oxygens (including phenoxy) is 1. The van der Waals surface area contributed by atoms with Gasteiger partial charge in [0.15, 0.2) is 0 Å². The van der Waals surface area contributed by atoms with Gasteiger partial charge in [-0.2, -0.15) is 13.2 Å². The highest BCUT2D eigenvalue weighted by Gasteiger charge is 2.31. The number of nitrogens with one attached hydrogen (secondary N) is 2. The lowest BCUT2D eigenvalue weighted by Crippen LogP contribution is -2.31. The number of amides is 1. The lowest BCUT2D eigenvalue weighted by Gasteiger charge is -2.17. The molecule has 10 heteroatoms. The van der Waals surface area contributed by atoms with E-state index in [4.69, 9.17) is 4.74 Å². The maximum Gasteiger partial charge on any atom is 0.416 e.